The van der Waals surface area contributed by atoms with Gasteiger partial charge in [-0.05, 0) is 54.8 Å². The highest BCUT2D eigenvalue weighted by Crippen LogP contribution is 2.25. The quantitative estimate of drug-likeness (QED) is 0.640. The second-order valence-corrected chi connectivity index (χ2v) is 6.64. The first-order chi connectivity index (χ1) is 12.5. The van der Waals surface area contributed by atoms with E-state index in [4.69, 9.17) is 11.6 Å². The number of amides is 1. The van der Waals surface area contributed by atoms with Gasteiger partial charge in [-0.2, -0.15) is 0 Å². The number of aryl methyl sites for hydroxylation is 2. The summed E-state index contributed by atoms with van der Waals surface area (Å²) in [7, 11) is 0. The number of H-pyrrole nitrogens is 1. The molecule has 2 aromatic heterocycles. The van der Waals surface area contributed by atoms with Crippen molar-refractivity contribution in [1.29, 1.82) is 0 Å². The Morgan fingerprint density at radius 2 is 2.12 bits per heavy atom. The first-order valence-corrected chi connectivity index (χ1v) is 8.65. The molecule has 6 heteroatoms. The van der Waals surface area contributed by atoms with E-state index in [1.54, 1.807) is 30.5 Å². The van der Waals surface area contributed by atoms with Crippen LogP contribution in [0.3, 0.4) is 0 Å². The van der Waals surface area contributed by atoms with Crippen molar-refractivity contribution in [2.45, 2.75) is 19.9 Å². The van der Waals surface area contributed by atoms with E-state index in [1.165, 1.54) is 0 Å². The number of carbonyl (C=O) groups excluding carboxylic acids is 1. The lowest BCUT2D eigenvalue weighted by molar-refractivity contribution is 0.0912. The van der Waals surface area contributed by atoms with Crippen molar-refractivity contribution in [2.75, 3.05) is 6.61 Å². The number of aliphatic hydroxyl groups excluding tert-OH is 1. The molecule has 1 amide bonds. The van der Waals surface area contributed by atoms with Gasteiger partial charge in [0.15, 0.2) is 0 Å². The fourth-order valence-corrected chi connectivity index (χ4v) is 3.01. The molecule has 26 heavy (non-hydrogen) atoms. The molecule has 3 N–H and O–H groups in total. The highest BCUT2D eigenvalue weighted by atomic mass is 35.5. The van der Waals surface area contributed by atoms with E-state index in [2.05, 4.69) is 15.3 Å². The molecule has 0 unspecified atom stereocenters. The average Bonchev–Trinajstić information content (AvgIpc) is 3.11. The first-order valence-electron chi connectivity index (χ1n) is 8.27. The molecular weight excluding hydrogens is 350 g/mol. The van der Waals surface area contributed by atoms with Gasteiger partial charge in [0, 0.05) is 28.7 Å². The second kappa shape index (κ2) is 7.72. The van der Waals surface area contributed by atoms with Gasteiger partial charge >= 0.3 is 0 Å². The molecule has 0 aliphatic heterocycles. The lowest BCUT2D eigenvalue weighted by Gasteiger charge is -2.16. The Morgan fingerprint density at radius 3 is 2.85 bits per heavy atom. The number of hydrogen-bond acceptors (Lipinski definition) is 3. The van der Waals surface area contributed by atoms with Crippen LogP contribution < -0.4 is 5.32 Å². The molecule has 0 spiro atoms. The summed E-state index contributed by atoms with van der Waals surface area (Å²) in [5.74, 6) is -0.293. The van der Waals surface area contributed by atoms with Crippen molar-refractivity contribution in [1.82, 2.24) is 15.3 Å². The average molecular weight is 370 g/mol. The molecule has 0 saturated heterocycles. The summed E-state index contributed by atoms with van der Waals surface area (Å²) >= 11 is 5.99. The Balaban J connectivity index is 1.80. The number of aromatic nitrogens is 2. The largest absolute Gasteiger partial charge is 0.394 e. The van der Waals surface area contributed by atoms with Crippen LogP contribution in [0.25, 0.3) is 11.1 Å². The molecule has 1 aromatic carbocycles. The maximum absolute atomic E-state index is 12.6. The standard InChI is InChI=1S/C20H20ClN3O2/c1-12-9-22-13(2)6-17(12)15-8-18(23-10-15)20(26)24-19(11-25)14-4-3-5-16(21)7-14/h3-10,19,23,25H,11H2,1-2H3,(H,24,26)/t19-/m1/s1. The van der Waals surface area contributed by atoms with E-state index in [-0.39, 0.29) is 12.5 Å². The topological polar surface area (TPSA) is 78.0 Å². The summed E-state index contributed by atoms with van der Waals surface area (Å²) in [6.07, 6.45) is 3.61. The molecule has 5 nitrogen and oxygen atoms in total. The molecule has 134 valence electrons. The van der Waals surface area contributed by atoms with Crippen molar-refractivity contribution >= 4 is 17.5 Å². The molecule has 0 aliphatic rings. The van der Waals surface area contributed by atoms with Crippen molar-refractivity contribution in [3.8, 4) is 11.1 Å². The summed E-state index contributed by atoms with van der Waals surface area (Å²) in [6.45, 7) is 3.69. The zero-order valence-electron chi connectivity index (χ0n) is 14.6. The summed E-state index contributed by atoms with van der Waals surface area (Å²) in [5.41, 5.74) is 5.07. The van der Waals surface area contributed by atoms with Crippen LogP contribution in [0.1, 0.15) is 33.4 Å². The number of carbonyl (C=O) groups is 1. The number of halogens is 1. The summed E-state index contributed by atoms with van der Waals surface area (Å²) in [6, 6.07) is 10.3. The predicted molar refractivity (Wildman–Crippen MR) is 102 cm³/mol. The third-order valence-electron chi connectivity index (χ3n) is 4.22. The second-order valence-electron chi connectivity index (χ2n) is 6.21. The van der Waals surface area contributed by atoms with Crippen molar-refractivity contribution in [3.05, 3.63) is 76.3 Å². The highest BCUT2D eigenvalue weighted by Gasteiger charge is 2.17. The Bertz CT molecular complexity index is 936. The Labute approximate surface area is 157 Å². The highest BCUT2D eigenvalue weighted by molar-refractivity contribution is 6.30. The minimum Gasteiger partial charge on any atom is -0.394 e. The van der Waals surface area contributed by atoms with Gasteiger partial charge in [-0.3, -0.25) is 9.78 Å². The third kappa shape index (κ3) is 3.95. The Hall–Kier alpha value is -2.63. The molecule has 0 fully saturated rings. The Kier molecular flexibility index (Phi) is 5.40. The van der Waals surface area contributed by atoms with Crippen LogP contribution in [0, 0.1) is 13.8 Å². The van der Waals surface area contributed by atoms with Crippen LogP contribution in [0.5, 0.6) is 0 Å². The summed E-state index contributed by atoms with van der Waals surface area (Å²) in [4.78, 5) is 19.8. The van der Waals surface area contributed by atoms with Crippen LogP contribution in [-0.4, -0.2) is 27.6 Å². The number of aliphatic hydroxyl groups is 1. The summed E-state index contributed by atoms with van der Waals surface area (Å²) < 4.78 is 0. The number of aromatic amines is 1. The van der Waals surface area contributed by atoms with Gasteiger partial charge in [0.25, 0.3) is 5.91 Å². The van der Waals surface area contributed by atoms with Gasteiger partial charge in [0.1, 0.15) is 5.69 Å². The molecule has 0 saturated carbocycles. The molecule has 0 radical (unpaired) electrons. The van der Waals surface area contributed by atoms with E-state index in [0.29, 0.717) is 10.7 Å². The number of hydrogen-bond donors (Lipinski definition) is 3. The molecule has 0 bridgehead atoms. The van der Waals surface area contributed by atoms with Gasteiger partial charge in [-0.1, -0.05) is 23.7 Å². The van der Waals surface area contributed by atoms with Crippen molar-refractivity contribution < 1.29 is 9.90 Å². The number of pyridine rings is 1. The van der Waals surface area contributed by atoms with Gasteiger partial charge in [0.2, 0.25) is 0 Å². The number of nitrogens with zero attached hydrogens (tertiary/aromatic N) is 1. The lowest BCUT2D eigenvalue weighted by Crippen LogP contribution is -2.31. The minimum atomic E-state index is -0.530. The van der Waals surface area contributed by atoms with Crippen LogP contribution in [0.15, 0.2) is 48.8 Å². The monoisotopic (exact) mass is 369 g/mol. The maximum atomic E-state index is 12.6. The van der Waals surface area contributed by atoms with Gasteiger partial charge < -0.3 is 15.4 Å². The van der Waals surface area contributed by atoms with E-state index in [9.17, 15) is 9.90 Å². The van der Waals surface area contributed by atoms with Gasteiger partial charge in [0.05, 0.1) is 12.6 Å². The number of rotatable bonds is 5. The molecule has 0 aliphatic carbocycles. The fourth-order valence-electron chi connectivity index (χ4n) is 2.81. The summed E-state index contributed by atoms with van der Waals surface area (Å²) in [5, 5.41) is 13.0. The smallest absolute Gasteiger partial charge is 0.268 e. The lowest BCUT2D eigenvalue weighted by atomic mass is 10.0. The SMILES string of the molecule is Cc1cc(-c2c[nH]c(C(=O)N[C@H](CO)c3cccc(Cl)c3)c2)c(C)cn1. The zero-order valence-corrected chi connectivity index (χ0v) is 15.3. The third-order valence-corrected chi connectivity index (χ3v) is 4.45. The van der Waals surface area contributed by atoms with Crippen LogP contribution >= 0.6 is 11.6 Å². The van der Waals surface area contributed by atoms with Crippen LogP contribution in [-0.2, 0) is 0 Å². The van der Waals surface area contributed by atoms with Crippen LogP contribution in [0.4, 0.5) is 0 Å². The van der Waals surface area contributed by atoms with Gasteiger partial charge in [-0.15, -0.1) is 0 Å². The molecule has 2 heterocycles. The Morgan fingerprint density at radius 1 is 1.31 bits per heavy atom. The van der Waals surface area contributed by atoms with E-state index in [0.717, 1.165) is 27.9 Å². The zero-order chi connectivity index (χ0) is 18.7. The minimum absolute atomic E-state index is 0.220. The van der Waals surface area contributed by atoms with E-state index in [1.807, 2.05) is 32.2 Å². The molecule has 3 rings (SSSR count). The number of benzene rings is 1. The fraction of sp³-hybridized carbons (Fsp3) is 0.200. The molecule has 3 aromatic rings. The van der Waals surface area contributed by atoms with Crippen molar-refractivity contribution in [2.24, 2.45) is 0 Å². The normalized spacial score (nSPS) is 12.0. The van der Waals surface area contributed by atoms with Crippen LogP contribution in [0.2, 0.25) is 5.02 Å². The molecular formula is C20H20ClN3O2. The first kappa shape index (κ1) is 18.2. The number of nitrogens with one attached hydrogen (secondary N) is 2. The van der Waals surface area contributed by atoms with Crippen molar-refractivity contribution in [3.63, 3.8) is 0 Å². The van der Waals surface area contributed by atoms with E-state index < -0.39 is 6.04 Å². The predicted octanol–water partition coefficient (Wildman–Crippen LogP) is 3.81. The maximum Gasteiger partial charge on any atom is 0.268 e. The molecule has 1 atom stereocenters. The van der Waals surface area contributed by atoms with Gasteiger partial charge in [-0.25, -0.2) is 0 Å². The van der Waals surface area contributed by atoms with E-state index >= 15 is 0 Å².